The second kappa shape index (κ2) is 4.78. The van der Waals surface area contributed by atoms with Gasteiger partial charge in [0.15, 0.2) is 6.29 Å². The molecule has 1 aliphatic carbocycles. The lowest BCUT2D eigenvalue weighted by atomic mass is 9.85. The molecule has 5 heteroatoms. The number of rotatable bonds is 4. The van der Waals surface area contributed by atoms with Crippen molar-refractivity contribution < 1.29 is 4.79 Å². The molecular formula is C11H14ClN3O. The standard InChI is InChI=1S/C11H14ClN3O/c1-15(5-8-3-2-4-8)11-9(6-16)10(12)13-7-14-11/h6-8H,2-5H2,1H3. The van der Waals surface area contributed by atoms with Crippen LogP contribution in [0.5, 0.6) is 0 Å². The maximum atomic E-state index is 10.9. The van der Waals surface area contributed by atoms with Crippen molar-refractivity contribution in [3.05, 3.63) is 17.0 Å². The van der Waals surface area contributed by atoms with Crippen molar-refractivity contribution >= 4 is 23.7 Å². The predicted octanol–water partition coefficient (Wildman–Crippen LogP) is 2.18. The first-order chi connectivity index (χ1) is 7.72. The van der Waals surface area contributed by atoms with Crippen molar-refractivity contribution in [3.63, 3.8) is 0 Å². The molecule has 0 N–H and O–H groups in total. The molecule has 0 aromatic carbocycles. The summed E-state index contributed by atoms with van der Waals surface area (Å²) in [4.78, 5) is 20.8. The highest BCUT2D eigenvalue weighted by molar-refractivity contribution is 6.32. The molecule has 16 heavy (non-hydrogen) atoms. The van der Waals surface area contributed by atoms with Crippen LogP contribution in [0.3, 0.4) is 0 Å². The van der Waals surface area contributed by atoms with Crippen LogP contribution < -0.4 is 4.90 Å². The summed E-state index contributed by atoms with van der Waals surface area (Å²) in [6.45, 7) is 0.925. The second-order valence-electron chi connectivity index (χ2n) is 4.20. The fourth-order valence-electron chi connectivity index (χ4n) is 1.92. The quantitative estimate of drug-likeness (QED) is 0.597. The molecule has 2 rings (SSSR count). The van der Waals surface area contributed by atoms with Gasteiger partial charge in [-0.05, 0) is 18.8 Å². The molecule has 0 amide bonds. The minimum atomic E-state index is 0.223. The lowest BCUT2D eigenvalue weighted by Gasteiger charge is -2.31. The molecule has 1 fully saturated rings. The van der Waals surface area contributed by atoms with Crippen LogP contribution in [0.15, 0.2) is 6.33 Å². The maximum Gasteiger partial charge on any atom is 0.156 e. The molecule has 0 unspecified atom stereocenters. The molecule has 4 nitrogen and oxygen atoms in total. The number of anilines is 1. The summed E-state index contributed by atoms with van der Waals surface area (Å²) in [7, 11) is 1.93. The normalized spacial score (nSPS) is 15.6. The second-order valence-corrected chi connectivity index (χ2v) is 4.56. The highest BCUT2D eigenvalue weighted by atomic mass is 35.5. The SMILES string of the molecule is CN(CC1CCC1)c1ncnc(Cl)c1C=O. The van der Waals surface area contributed by atoms with Crippen LogP contribution in [0, 0.1) is 5.92 Å². The smallest absolute Gasteiger partial charge is 0.156 e. The lowest BCUT2D eigenvalue weighted by molar-refractivity contribution is 0.112. The summed E-state index contributed by atoms with van der Waals surface area (Å²) in [6.07, 6.45) is 5.94. The van der Waals surface area contributed by atoms with Gasteiger partial charge >= 0.3 is 0 Å². The molecule has 1 heterocycles. The van der Waals surface area contributed by atoms with Crippen molar-refractivity contribution in [1.82, 2.24) is 9.97 Å². The Kier molecular flexibility index (Phi) is 3.39. The van der Waals surface area contributed by atoms with Gasteiger partial charge in [0.1, 0.15) is 17.3 Å². The first-order valence-corrected chi connectivity index (χ1v) is 5.77. The first kappa shape index (κ1) is 11.3. The molecule has 0 radical (unpaired) electrons. The van der Waals surface area contributed by atoms with E-state index >= 15 is 0 Å². The monoisotopic (exact) mass is 239 g/mol. The van der Waals surface area contributed by atoms with Gasteiger partial charge < -0.3 is 4.90 Å². The van der Waals surface area contributed by atoms with E-state index in [0.29, 0.717) is 11.4 Å². The van der Waals surface area contributed by atoms with Crippen LogP contribution in [0.25, 0.3) is 0 Å². The summed E-state index contributed by atoms with van der Waals surface area (Å²) in [6, 6.07) is 0. The summed E-state index contributed by atoms with van der Waals surface area (Å²) in [5.41, 5.74) is 0.381. The Morgan fingerprint density at radius 1 is 1.56 bits per heavy atom. The number of hydrogen-bond acceptors (Lipinski definition) is 4. The number of nitrogens with zero attached hydrogens (tertiary/aromatic N) is 3. The van der Waals surface area contributed by atoms with E-state index in [1.807, 2.05) is 11.9 Å². The fourth-order valence-corrected chi connectivity index (χ4v) is 2.09. The van der Waals surface area contributed by atoms with Crippen molar-refractivity contribution in [2.45, 2.75) is 19.3 Å². The molecule has 0 saturated heterocycles. The highest BCUT2D eigenvalue weighted by Crippen LogP contribution is 2.29. The Hall–Kier alpha value is -1.16. The van der Waals surface area contributed by atoms with E-state index in [9.17, 15) is 4.79 Å². The molecular weight excluding hydrogens is 226 g/mol. The van der Waals surface area contributed by atoms with Gasteiger partial charge in [0, 0.05) is 13.6 Å². The molecule has 0 aliphatic heterocycles. The van der Waals surface area contributed by atoms with Crippen LogP contribution in [-0.4, -0.2) is 29.8 Å². The van der Waals surface area contributed by atoms with Gasteiger partial charge in [-0.1, -0.05) is 18.0 Å². The van der Waals surface area contributed by atoms with E-state index in [4.69, 9.17) is 11.6 Å². The first-order valence-electron chi connectivity index (χ1n) is 5.39. The summed E-state index contributed by atoms with van der Waals surface area (Å²) in [5.74, 6) is 1.35. The number of halogens is 1. The van der Waals surface area contributed by atoms with E-state index < -0.39 is 0 Å². The number of hydrogen-bond donors (Lipinski definition) is 0. The Morgan fingerprint density at radius 3 is 2.88 bits per heavy atom. The maximum absolute atomic E-state index is 10.9. The zero-order valence-corrected chi connectivity index (χ0v) is 9.94. The van der Waals surface area contributed by atoms with E-state index in [1.54, 1.807) is 0 Å². The van der Waals surface area contributed by atoms with Gasteiger partial charge in [0.25, 0.3) is 0 Å². The number of aldehydes is 1. The Morgan fingerprint density at radius 2 is 2.31 bits per heavy atom. The van der Waals surface area contributed by atoms with Crippen molar-refractivity contribution in [3.8, 4) is 0 Å². The van der Waals surface area contributed by atoms with E-state index in [-0.39, 0.29) is 5.15 Å². The van der Waals surface area contributed by atoms with E-state index in [2.05, 4.69) is 9.97 Å². The summed E-state index contributed by atoms with van der Waals surface area (Å²) < 4.78 is 0. The zero-order valence-electron chi connectivity index (χ0n) is 9.19. The minimum Gasteiger partial charge on any atom is -0.359 e. The van der Waals surface area contributed by atoms with Crippen LogP contribution >= 0.6 is 11.6 Å². The Bertz CT molecular complexity index is 393. The number of carbonyl (C=O) groups is 1. The van der Waals surface area contributed by atoms with Crippen LogP contribution in [0.4, 0.5) is 5.82 Å². The van der Waals surface area contributed by atoms with Crippen molar-refractivity contribution in [2.75, 3.05) is 18.5 Å². The lowest BCUT2D eigenvalue weighted by Crippen LogP contribution is -2.30. The topological polar surface area (TPSA) is 46.1 Å². The predicted molar refractivity (Wildman–Crippen MR) is 63.0 cm³/mol. The van der Waals surface area contributed by atoms with Gasteiger partial charge in [-0.25, -0.2) is 9.97 Å². The van der Waals surface area contributed by atoms with Crippen molar-refractivity contribution in [2.24, 2.45) is 5.92 Å². The third-order valence-corrected chi connectivity index (χ3v) is 3.35. The van der Waals surface area contributed by atoms with Crippen LogP contribution in [-0.2, 0) is 0 Å². The highest BCUT2D eigenvalue weighted by Gasteiger charge is 2.21. The average Bonchev–Trinajstić information content (AvgIpc) is 2.22. The fraction of sp³-hybridized carbons (Fsp3) is 0.545. The van der Waals surface area contributed by atoms with Gasteiger partial charge in [0.2, 0.25) is 0 Å². The molecule has 1 aromatic rings. The summed E-state index contributed by atoms with van der Waals surface area (Å²) in [5, 5.41) is 0.223. The van der Waals surface area contributed by atoms with Gasteiger partial charge in [-0.15, -0.1) is 0 Å². The number of carbonyl (C=O) groups excluding carboxylic acids is 1. The largest absolute Gasteiger partial charge is 0.359 e. The third kappa shape index (κ3) is 2.16. The molecule has 0 bridgehead atoms. The van der Waals surface area contributed by atoms with Gasteiger partial charge in [-0.2, -0.15) is 0 Å². The zero-order chi connectivity index (χ0) is 11.5. The number of aromatic nitrogens is 2. The van der Waals surface area contributed by atoms with Gasteiger partial charge in [0.05, 0.1) is 5.56 Å². The Balaban J connectivity index is 2.17. The minimum absolute atomic E-state index is 0.223. The van der Waals surface area contributed by atoms with Crippen molar-refractivity contribution in [1.29, 1.82) is 0 Å². The van der Waals surface area contributed by atoms with Gasteiger partial charge in [-0.3, -0.25) is 4.79 Å². The summed E-state index contributed by atoms with van der Waals surface area (Å²) >= 11 is 5.85. The van der Waals surface area contributed by atoms with E-state index in [0.717, 1.165) is 18.7 Å². The molecule has 86 valence electrons. The average molecular weight is 240 g/mol. The Labute approximate surface area is 99.6 Å². The molecule has 1 aromatic heterocycles. The third-order valence-electron chi connectivity index (χ3n) is 3.05. The van der Waals surface area contributed by atoms with E-state index in [1.165, 1.54) is 25.6 Å². The molecule has 1 aliphatic rings. The van der Waals surface area contributed by atoms with Crippen LogP contribution in [0.1, 0.15) is 29.6 Å². The molecule has 1 saturated carbocycles. The van der Waals surface area contributed by atoms with Crippen LogP contribution in [0.2, 0.25) is 5.15 Å². The molecule has 0 spiro atoms. The molecule has 0 atom stereocenters.